The molecule has 0 aliphatic carbocycles. The molecule has 31 heavy (non-hydrogen) atoms. The van der Waals surface area contributed by atoms with E-state index in [1.165, 1.54) is 5.56 Å². The number of hydrogen-bond acceptors (Lipinski definition) is 5. The van der Waals surface area contributed by atoms with Crippen molar-refractivity contribution in [3.8, 4) is 11.4 Å². The van der Waals surface area contributed by atoms with Crippen LogP contribution in [0.25, 0.3) is 22.4 Å². The van der Waals surface area contributed by atoms with E-state index in [1.807, 2.05) is 43.3 Å². The van der Waals surface area contributed by atoms with Crippen molar-refractivity contribution in [1.29, 1.82) is 0 Å². The molecule has 3 heterocycles. The highest BCUT2D eigenvalue weighted by Gasteiger charge is 2.35. The van der Waals surface area contributed by atoms with Gasteiger partial charge in [-0.1, -0.05) is 29.8 Å². The van der Waals surface area contributed by atoms with E-state index < -0.39 is 0 Å². The van der Waals surface area contributed by atoms with Gasteiger partial charge in [-0.3, -0.25) is 4.79 Å². The maximum absolute atomic E-state index is 12.6. The average molecular weight is 415 g/mol. The van der Waals surface area contributed by atoms with Crippen molar-refractivity contribution >= 4 is 22.6 Å². The molecule has 7 nitrogen and oxygen atoms in total. The van der Waals surface area contributed by atoms with Gasteiger partial charge in [0.25, 0.3) is 0 Å². The van der Waals surface area contributed by atoms with E-state index >= 15 is 0 Å². The summed E-state index contributed by atoms with van der Waals surface area (Å²) < 4.78 is 7.80. The van der Waals surface area contributed by atoms with Crippen molar-refractivity contribution in [3.63, 3.8) is 0 Å². The fourth-order valence-electron chi connectivity index (χ4n) is 4.30. The number of nitrogens with zero attached hydrogens (tertiary/aromatic N) is 5. The van der Waals surface area contributed by atoms with Crippen LogP contribution in [0.4, 0.5) is 5.69 Å². The quantitative estimate of drug-likeness (QED) is 0.480. The summed E-state index contributed by atoms with van der Waals surface area (Å²) in [5.41, 5.74) is 5.01. The van der Waals surface area contributed by atoms with Gasteiger partial charge in [0.05, 0.1) is 17.0 Å². The zero-order valence-corrected chi connectivity index (χ0v) is 18.0. The van der Waals surface area contributed by atoms with Gasteiger partial charge < -0.3 is 14.0 Å². The third-order valence-electron chi connectivity index (χ3n) is 5.98. The number of benzene rings is 2. The molecule has 1 saturated heterocycles. The largest absolute Gasteiger partial charge is 0.339 e. The lowest BCUT2D eigenvalue weighted by Gasteiger charge is -2.16. The summed E-state index contributed by atoms with van der Waals surface area (Å²) in [6.45, 7) is 7.68. The molecule has 1 aliphatic rings. The van der Waals surface area contributed by atoms with E-state index in [4.69, 9.17) is 9.51 Å². The van der Waals surface area contributed by atoms with Crippen LogP contribution in [0.3, 0.4) is 0 Å². The summed E-state index contributed by atoms with van der Waals surface area (Å²) in [5, 5.41) is 4.21. The van der Waals surface area contributed by atoms with Crippen LogP contribution >= 0.6 is 0 Å². The Morgan fingerprint density at radius 2 is 1.90 bits per heavy atom. The summed E-state index contributed by atoms with van der Waals surface area (Å²) in [6.07, 6.45) is 1.26. The minimum Gasteiger partial charge on any atom is -0.339 e. The standard InChI is InChI=1S/C24H25N5O2/c1-4-21-25-19-11-8-16(12-20(19)28(21)5-2)23-26-24(31-27-23)17-13-22(30)29(14-17)18-9-6-15(3)7-10-18/h6-12,17H,4-5,13-14H2,1-3H3/t17-/m0/s1. The minimum absolute atomic E-state index is 0.0777. The number of carbonyl (C=O) groups excluding carboxylic acids is 1. The third-order valence-corrected chi connectivity index (χ3v) is 5.98. The summed E-state index contributed by atoms with van der Waals surface area (Å²) in [4.78, 5) is 23.7. The van der Waals surface area contributed by atoms with Crippen LogP contribution < -0.4 is 4.90 Å². The molecule has 2 aromatic carbocycles. The lowest BCUT2D eigenvalue weighted by atomic mass is 10.1. The molecule has 2 aromatic heterocycles. The maximum atomic E-state index is 12.6. The zero-order chi connectivity index (χ0) is 21.5. The van der Waals surface area contributed by atoms with Crippen molar-refractivity contribution in [1.82, 2.24) is 19.7 Å². The number of fused-ring (bicyclic) bond motifs is 1. The topological polar surface area (TPSA) is 77.1 Å². The minimum atomic E-state index is -0.105. The first-order chi connectivity index (χ1) is 15.1. The van der Waals surface area contributed by atoms with Gasteiger partial charge >= 0.3 is 0 Å². The summed E-state index contributed by atoms with van der Waals surface area (Å²) in [5.74, 6) is 2.10. The normalized spacial score (nSPS) is 16.5. The molecule has 0 N–H and O–H groups in total. The number of amides is 1. The van der Waals surface area contributed by atoms with E-state index in [1.54, 1.807) is 4.90 Å². The van der Waals surface area contributed by atoms with Crippen LogP contribution in [-0.4, -0.2) is 32.1 Å². The Balaban J connectivity index is 1.41. The highest BCUT2D eigenvalue weighted by Crippen LogP contribution is 2.32. The number of aryl methyl sites for hydroxylation is 3. The smallest absolute Gasteiger partial charge is 0.232 e. The highest BCUT2D eigenvalue weighted by molar-refractivity contribution is 5.96. The second-order valence-corrected chi connectivity index (χ2v) is 8.03. The Morgan fingerprint density at radius 3 is 2.65 bits per heavy atom. The Hall–Kier alpha value is -3.48. The lowest BCUT2D eigenvalue weighted by Crippen LogP contribution is -2.24. The molecule has 0 unspecified atom stereocenters. The van der Waals surface area contributed by atoms with Crippen molar-refractivity contribution < 1.29 is 9.32 Å². The lowest BCUT2D eigenvalue weighted by molar-refractivity contribution is -0.117. The van der Waals surface area contributed by atoms with E-state index in [0.717, 1.165) is 41.1 Å². The number of aromatic nitrogens is 4. The molecule has 5 rings (SSSR count). The Kier molecular flexibility index (Phi) is 4.81. The van der Waals surface area contributed by atoms with Gasteiger partial charge in [-0.2, -0.15) is 4.98 Å². The van der Waals surface area contributed by atoms with Crippen molar-refractivity contribution in [3.05, 3.63) is 59.7 Å². The predicted octanol–water partition coefficient (Wildman–Crippen LogP) is 4.50. The molecule has 0 bridgehead atoms. The van der Waals surface area contributed by atoms with Crippen molar-refractivity contribution in [2.45, 2.75) is 46.1 Å². The van der Waals surface area contributed by atoms with Gasteiger partial charge in [-0.15, -0.1) is 0 Å². The second-order valence-electron chi connectivity index (χ2n) is 8.03. The molecule has 0 radical (unpaired) electrons. The van der Waals surface area contributed by atoms with Gasteiger partial charge in [0.15, 0.2) is 0 Å². The predicted molar refractivity (Wildman–Crippen MR) is 119 cm³/mol. The average Bonchev–Trinajstić information content (AvgIpc) is 3.50. The van der Waals surface area contributed by atoms with Crippen LogP contribution in [-0.2, 0) is 17.8 Å². The Labute approximate surface area is 180 Å². The molecule has 0 spiro atoms. The Morgan fingerprint density at radius 1 is 1.10 bits per heavy atom. The number of hydrogen-bond donors (Lipinski definition) is 0. The van der Waals surface area contributed by atoms with Gasteiger partial charge in [0.2, 0.25) is 17.6 Å². The van der Waals surface area contributed by atoms with Crippen LogP contribution in [0.1, 0.15) is 43.5 Å². The van der Waals surface area contributed by atoms with Gasteiger partial charge in [-0.25, -0.2) is 4.98 Å². The molecule has 1 amide bonds. The molecule has 158 valence electrons. The SMILES string of the molecule is CCc1nc2ccc(-c3noc([C@H]4CC(=O)N(c5ccc(C)cc5)C4)n3)cc2n1CC. The number of imidazole rings is 1. The number of rotatable bonds is 5. The van der Waals surface area contributed by atoms with Crippen molar-refractivity contribution in [2.24, 2.45) is 0 Å². The second kappa shape index (κ2) is 7.65. The summed E-state index contributed by atoms with van der Waals surface area (Å²) in [7, 11) is 0. The van der Waals surface area contributed by atoms with Crippen LogP contribution in [0.5, 0.6) is 0 Å². The highest BCUT2D eigenvalue weighted by atomic mass is 16.5. The first kappa shape index (κ1) is 19.5. The monoisotopic (exact) mass is 415 g/mol. The number of anilines is 1. The van der Waals surface area contributed by atoms with Crippen LogP contribution in [0.15, 0.2) is 47.0 Å². The maximum Gasteiger partial charge on any atom is 0.232 e. The van der Waals surface area contributed by atoms with Gasteiger partial charge in [-0.05, 0) is 44.2 Å². The summed E-state index contributed by atoms with van der Waals surface area (Å²) >= 11 is 0. The molecular weight excluding hydrogens is 390 g/mol. The Bertz CT molecular complexity index is 1250. The molecule has 7 heteroatoms. The molecule has 1 fully saturated rings. The number of carbonyl (C=O) groups is 1. The summed E-state index contributed by atoms with van der Waals surface area (Å²) in [6, 6.07) is 14.0. The van der Waals surface area contributed by atoms with Gasteiger partial charge in [0.1, 0.15) is 5.82 Å². The van der Waals surface area contributed by atoms with E-state index in [0.29, 0.717) is 24.7 Å². The molecular formula is C24H25N5O2. The first-order valence-corrected chi connectivity index (χ1v) is 10.8. The van der Waals surface area contributed by atoms with Crippen LogP contribution in [0.2, 0.25) is 0 Å². The molecule has 4 aromatic rings. The zero-order valence-electron chi connectivity index (χ0n) is 18.0. The molecule has 1 aliphatic heterocycles. The van der Waals surface area contributed by atoms with Crippen molar-refractivity contribution in [2.75, 3.05) is 11.4 Å². The van der Waals surface area contributed by atoms with E-state index in [9.17, 15) is 4.79 Å². The molecule has 0 saturated carbocycles. The first-order valence-electron chi connectivity index (χ1n) is 10.8. The fourth-order valence-corrected chi connectivity index (χ4v) is 4.30. The van der Waals surface area contributed by atoms with Gasteiger partial charge in [0, 0.05) is 37.2 Å². The van der Waals surface area contributed by atoms with Crippen LogP contribution in [0, 0.1) is 6.92 Å². The fraction of sp³-hybridized carbons (Fsp3) is 0.333. The van der Waals surface area contributed by atoms with E-state index in [2.05, 4.69) is 34.6 Å². The van der Waals surface area contributed by atoms with E-state index in [-0.39, 0.29) is 11.8 Å². The molecule has 1 atom stereocenters. The third kappa shape index (κ3) is 3.40.